The molecule has 25 heavy (non-hydrogen) atoms. The third kappa shape index (κ3) is 4.22. The first-order chi connectivity index (χ1) is 11.8. The van der Waals surface area contributed by atoms with Crippen molar-refractivity contribution in [3.63, 3.8) is 0 Å². The van der Waals surface area contributed by atoms with Crippen molar-refractivity contribution in [3.05, 3.63) is 53.1 Å². The summed E-state index contributed by atoms with van der Waals surface area (Å²) in [7, 11) is 3.01. The highest BCUT2D eigenvalue weighted by molar-refractivity contribution is 6.33. The zero-order valence-corrected chi connectivity index (χ0v) is 14.9. The number of nitrogens with zero attached hydrogens (tertiary/aromatic N) is 1. The van der Waals surface area contributed by atoms with E-state index in [0.29, 0.717) is 5.69 Å². The molecule has 2 N–H and O–H groups in total. The number of halogens is 1. The maximum atomic E-state index is 12.5. The molecule has 0 saturated heterocycles. The normalized spacial score (nSPS) is 11.5. The lowest BCUT2D eigenvalue weighted by Crippen LogP contribution is -2.37. The van der Waals surface area contributed by atoms with E-state index in [1.807, 2.05) is 18.2 Å². The molecule has 1 atom stereocenters. The summed E-state index contributed by atoms with van der Waals surface area (Å²) < 4.78 is 10.4. The number of carbonyl (C=O) groups excluding carboxylic acids is 2. The Morgan fingerprint density at radius 1 is 1.20 bits per heavy atom. The minimum Gasteiger partial charge on any atom is -0.496 e. The fourth-order valence-corrected chi connectivity index (χ4v) is 2.39. The molecule has 0 radical (unpaired) electrons. The van der Waals surface area contributed by atoms with E-state index in [-0.39, 0.29) is 27.9 Å². The largest absolute Gasteiger partial charge is 0.496 e. The molecule has 132 valence electrons. The van der Waals surface area contributed by atoms with Gasteiger partial charge in [0.05, 0.1) is 17.8 Å². The van der Waals surface area contributed by atoms with Gasteiger partial charge in [-0.15, -0.1) is 0 Å². The fourth-order valence-electron chi connectivity index (χ4n) is 2.22. The zero-order valence-electron chi connectivity index (χ0n) is 14.2. The third-order valence-electron chi connectivity index (χ3n) is 3.64. The maximum Gasteiger partial charge on any atom is 0.342 e. The fraction of sp³-hybridized carbons (Fsp3) is 0.222. The van der Waals surface area contributed by atoms with E-state index in [4.69, 9.17) is 26.8 Å². The summed E-state index contributed by atoms with van der Waals surface area (Å²) in [6, 6.07) is 11.8. The second-order valence-corrected chi connectivity index (χ2v) is 5.76. The van der Waals surface area contributed by atoms with Crippen molar-refractivity contribution in [1.29, 1.82) is 0 Å². The molecule has 1 unspecified atom stereocenters. The first-order valence-corrected chi connectivity index (χ1v) is 7.89. The number of hydrogen-bond acceptors (Lipinski definition) is 5. The van der Waals surface area contributed by atoms with Crippen LogP contribution in [0.4, 0.5) is 11.4 Å². The SMILES string of the molecule is COc1cc(N)c(Cl)cc1C(=O)OC(C)C(=O)N(C)c1ccccc1. The summed E-state index contributed by atoms with van der Waals surface area (Å²) in [5.41, 5.74) is 6.77. The summed E-state index contributed by atoms with van der Waals surface area (Å²) in [6.07, 6.45) is -0.987. The highest BCUT2D eigenvalue weighted by atomic mass is 35.5. The quantitative estimate of drug-likeness (QED) is 0.652. The van der Waals surface area contributed by atoms with Gasteiger partial charge in [-0.3, -0.25) is 4.79 Å². The minimum absolute atomic E-state index is 0.101. The Labute approximate surface area is 151 Å². The molecule has 2 aromatic rings. The Kier molecular flexibility index (Phi) is 5.88. The molecule has 0 heterocycles. The number of benzene rings is 2. The standard InChI is InChI=1S/C18H19ClN2O4/c1-11(17(22)21(2)12-7-5-4-6-8-12)25-18(23)13-9-14(19)15(20)10-16(13)24-3/h4-11H,20H2,1-3H3. The average molecular weight is 363 g/mol. The van der Waals surface area contributed by atoms with Gasteiger partial charge in [0.2, 0.25) is 0 Å². The predicted molar refractivity (Wildman–Crippen MR) is 97.1 cm³/mol. The van der Waals surface area contributed by atoms with E-state index in [1.54, 1.807) is 19.2 Å². The summed E-state index contributed by atoms with van der Waals surface area (Å²) >= 11 is 5.95. The van der Waals surface area contributed by atoms with Crippen LogP contribution < -0.4 is 15.4 Å². The molecular formula is C18H19ClN2O4. The average Bonchev–Trinajstić information content (AvgIpc) is 2.62. The molecule has 0 spiro atoms. The smallest absolute Gasteiger partial charge is 0.342 e. The van der Waals surface area contributed by atoms with Gasteiger partial charge in [0.15, 0.2) is 6.10 Å². The Bertz CT molecular complexity index is 780. The first-order valence-electron chi connectivity index (χ1n) is 7.51. The topological polar surface area (TPSA) is 81.9 Å². The van der Waals surface area contributed by atoms with Gasteiger partial charge >= 0.3 is 5.97 Å². The maximum absolute atomic E-state index is 12.5. The van der Waals surface area contributed by atoms with Crippen LogP contribution in [0.2, 0.25) is 5.02 Å². The summed E-state index contributed by atoms with van der Waals surface area (Å²) in [6.45, 7) is 1.51. The number of nitrogens with two attached hydrogens (primary N) is 1. The number of amides is 1. The first kappa shape index (κ1) is 18.6. The second-order valence-electron chi connectivity index (χ2n) is 5.35. The van der Waals surface area contributed by atoms with E-state index in [2.05, 4.69) is 0 Å². The predicted octanol–water partition coefficient (Wildman–Crippen LogP) is 3.14. The van der Waals surface area contributed by atoms with Crippen molar-refractivity contribution in [3.8, 4) is 5.75 Å². The number of likely N-dealkylation sites (N-methyl/N-ethyl adjacent to an activating group) is 1. The molecule has 0 aliphatic heterocycles. The Balaban J connectivity index is 2.15. The molecular weight excluding hydrogens is 344 g/mol. The van der Waals surface area contributed by atoms with Gasteiger partial charge in [-0.05, 0) is 25.1 Å². The van der Waals surface area contributed by atoms with Gasteiger partial charge in [-0.1, -0.05) is 29.8 Å². The number of ether oxygens (including phenoxy) is 2. The molecule has 6 nitrogen and oxygen atoms in total. The molecule has 2 aromatic carbocycles. The highest BCUT2D eigenvalue weighted by Crippen LogP contribution is 2.29. The van der Waals surface area contributed by atoms with Crippen LogP contribution in [0, 0.1) is 0 Å². The van der Waals surface area contributed by atoms with Crippen molar-refractivity contribution in [2.75, 3.05) is 24.8 Å². The van der Waals surface area contributed by atoms with Crippen LogP contribution in [0.3, 0.4) is 0 Å². The van der Waals surface area contributed by atoms with Gasteiger partial charge < -0.3 is 20.1 Å². The van der Waals surface area contributed by atoms with Gasteiger partial charge in [-0.2, -0.15) is 0 Å². The van der Waals surface area contributed by atoms with Crippen molar-refractivity contribution < 1.29 is 19.1 Å². The van der Waals surface area contributed by atoms with Crippen LogP contribution in [0.15, 0.2) is 42.5 Å². The zero-order chi connectivity index (χ0) is 18.6. The minimum atomic E-state index is -0.987. The van der Waals surface area contributed by atoms with Crippen LogP contribution >= 0.6 is 11.6 Å². The van der Waals surface area contributed by atoms with Gasteiger partial charge in [0, 0.05) is 18.8 Å². The number of rotatable bonds is 5. The Hall–Kier alpha value is -2.73. The van der Waals surface area contributed by atoms with E-state index in [9.17, 15) is 9.59 Å². The summed E-state index contributed by atoms with van der Waals surface area (Å²) in [5.74, 6) is -0.857. The number of para-hydroxylation sites is 1. The molecule has 0 aromatic heterocycles. The lowest BCUT2D eigenvalue weighted by molar-refractivity contribution is -0.126. The Morgan fingerprint density at radius 2 is 1.84 bits per heavy atom. The third-order valence-corrected chi connectivity index (χ3v) is 3.97. The number of carbonyl (C=O) groups is 2. The summed E-state index contributed by atoms with van der Waals surface area (Å²) in [5, 5.41) is 0.202. The monoisotopic (exact) mass is 362 g/mol. The number of nitrogen functional groups attached to an aromatic ring is 1. The van der Waals surface area contributed by atoms with Gasteiger partial charge in [0.1, 0.15) is 11.3 Å². The van der Waals surface area contributed by atoms with E-state index >= 15 is 0 Å². The lowest BCUT2D eigenvalue weighted by atomic mass is 10.1. The number of anilines is 2. The number of methoxy groups -OCH3 is 1. The number of esters is 1. The molecule has 0 aliphatic carbocycles. The van der Waals surface area contributed by atoms with E-state index < -0.39 is 12.1 Å². The molecule has 1 amide bonds. The van der Waals surface area contributed by atoms with Crippen LogP contribution in [0.25, 0.3) is 0 Å². The molecule has 0 aliphatic rings. The van der Waals surface area contributed by atoms with Gasteiger partial charge in [-0.25, -0.2) is 4.79 Å². The van der Waals surface area contributed by atoms with Crippen LogP contribution in [0.5, 0.6) is 5.75 Å². The van der Waals surface area contributed by atoms with E-state index in [1.165, 1.54) is 31.1 Å². The molecule has 0 bridgehead atoms. The number of hydrogen-bond donors (Lipinski definition) is 1. The molecule has 0 saturated carbocycles. The van der Waals surface area contributed by atoms with Crippen molar-refractivity contribution in [2.45, 2.75) is 13.0 Å². The summed E-state index contributed by atoms with van der Waals surface area (Å²) in [4.78, 5) is 26.3. The highest BCUT2D eigenvalue weighted by Gasteiger charge is 2.25. The second kappa shape index (κ2) is 7.90. The van der Waals surface area contributed by atoms with Crippen LogP contribution in [0.1, 0.15) is 17.3 Å². The van der Waals surface area contributed by atoms with Crippen molar-refractivity contribution in [1.82, 2.24) is 0 Å². The van der Waals surface area contributed by atoms with E-state index in [0.717, 1.165) is 0 Å². The van der Waals surface area contributed by atoms with Crippen molar-refractivity contribution >= 4 is 34.9 Å². The van der Waals surface area contributed by atoms with Gasteiger partial charge in [0.25, 0.3) is 5.91 Å². The molecule has 0 fully saturated rings. The molecule has 2 rings (SSSR count). The molecule has 7 heteroatoms. The van der Waals surface area contributed by atoms with Crippen LogP contribution in [-0.2, 0) is 9.53 Å². The van der Waals surface area contributed by atoms with Crippen molar-refractivity contribution in [2.24, 2.45) is 0 Å². The Morgan fingerprint density at radius 3 is 2.44 bits per heavy atom. The lowest BCUT2D eigenvalue weighted by Gasteiger charge is -2.22. The van der Waals surface area contributed by atoms with Crippen LogP contribution in [-0.4, -0.2) is 32.1 Å².